The molecule has 8 heteroatoms. The van der Waals surface area contributed by atoms with Gasteiger partial charge < -0.3 is 10.6 Å². The largest absolute Gasteiger partial charge is 0.370 e. The lowest BCUT2D eigenvalue weighted by atomic mass is 9.75. The zero-order valence-electron chi connectivity index (χ0n) is 24.7. The molecule has 3 aromatic rings. The van der Waals surface area contributed by atoms with E-state index in [1.54, 1.807) is 0 Å². The maximum Gasteiger partial charge on any atom is 0.232 e. The van der Waals surface area contributed by atoms with E-state index in [0.29, 0.717) is 44.6 Å². The minimum atomic E-state index is -0.682. The minimum absolute atomic E-state index is 0.0263. The van der Waals surface area contributed by atoms with Crippen molar-refractivity contribution in [3.63, 3.8) is 0 Å². The Balaban J connectivity index is 1.51. The number of ketones is 1. The Morgan fingerprint density at radius 1 is 0.902 bits per heavy atom. The van der Waals surface area contributed by atoms with E-state index in [9.17, 15) is 14.4 Å². The maximum atomic E-state index is 14.5. The number of fused-ring (bicyclic) bond motifs is 5. The second kappa shape index (κ2) is 11.2. The third kappa shape index (κ3) is 5.97. The Morgan fingerprint density at radius 2 is 1.56 bits per heavy atom. The number of carbonyl (C=O) groups excluding carboxylic acids is 3. The summed E-state index contributed by atoms with van der Waals surface area (Å²) >= 11 is 0. The Hall–Kier alpha value is -3.81. The van der Waals surface area contributed by atoms with Crippen molar-refractivity contribution in [1.82, 2.24) is 15.0 Å². The molecule has 0 bridgehead atoms. The van der Waals surface area contributed by atoms with Crippen molar-refractivity contribution in [3.8, 4) is 22.5 Å². The first-order valence-electron chi connectivity index (χ1n) is 14.8. The summed E-state index contributed by atoms with van der Waals surface area (Å²) in [5, 5.41) is 9.13. The lowest BCUT2D eigenvalue weighted by Gasteiger charge is -2.36. The average Bonchev–Trinajstić information content (AvgIpc) is 3.71. The van der Waals surface area contributed by atoms with Gasteiger partial charge in [-0.2, -0.15) is 0 Å². The van der Waals surface area contributed by atoms with Gasteiger partial charge in [-0.3, -0.25) is 14.4 Å². The number of benzene rings is 2. The quantitative estimate of drug-likeness (QED) is 0.295. The molecule has 1 fully saturated rings. The molecule has 1 saturated carbocycles. The summed E-state index contributed by atoms with van der Waals surface area (Å²) in [6.07, 6.45) is 4.99. The highest BCUT2D eigenvalue weighted by Gasteiger charge is 2.42. The van der Waals surface area contributed by atoms with Gasteiger partial charge in [-0.1, -0.05) is 75.4 Å². The summed E-state index contributed by atoms with van der Waals surface area (Å²) in [6.45, 7) is 9.02. The van der Waals surface area contributed by atoms with Gasteiger partial charge in [-0.15, -0.1) is 5.10 Å². The van der Waals surface area contributed by atoms with Gasteiger partial charge in [0, 0.05) is 40.8 Å². The van der Waals surface area contributed by atoms with Gasteiger partial charge in [-0.25, -0.2) is 4.68 Å². The number of hydrogen-bond acceptors (Lipinski definition) is 5. The molecule has 2 amide bonds. The molecule has 1 aromatic heterocycles. The van der Waals surface area contributed by atoms with Gasteiger partial charge in [0.2, 0.25) is 11.8 Å². The van der Waals surface area contributed by atoms with Crippen LogP contribution in [0.3, 0.4) is 0 Å². The third-order valence-corrected chi connectivity index (χ3v) is 8.64. The predicted molar refractivity (Wildman–Crippen MR) is 160 cm³/mol. The molecule has 0 atom stereocenters. The first-order valence-corrected chi connectivity index (χ1v) is 14.8. The molecule has 216 valence electrons. The number of unbranched alkanes of at least 4 members (excludes halogenated alkanes) is 1. The molecule has 41 heavy (non-hydrogen) atoms. The van der Waals surface area contributed by atoms with Gasteiger partial charge in [0.05, 0.1) is 17.9 Å². The highest BCUT2D eigenvalue weighted by Crippen LogP contribution is 2.44. The lowest BCUT2D eigenvalue weighted by molar-refractivity contribution is -0.131. The molecular formula is C33H41N5O3. The van der Waals surface area contributed by atoms with Crippen molar-refractivity contribution < 1.29 is 14.4 Å². The monoisotopic (exact) mass is 555 g/mol. The van der Waals surface area contributed by atoms with Crippen LogP contribution >= 0.6 is 0 Å². The van der Waals surface area contributed by atoms with Crippen molar-refractivity contribution in [3.05, 3.63) is 54.1 Å². The SMILES string of the molecule is CC(C)(CCC(C)(C)C(=O)N1Cc2ccccc2-c2nnn(CCCCC(N)=O)c2-c2ccccc21)C(=O)C1CC1. The second-order valence-corrected chi connectivity index (χ2v) is 12.9. The Labute approximate surface area is 242 Å². The molecule has 2 aromatic carbocycles. The van der Waals surface area contributed by atoms with E-state index in [-0.39, 0.29) is 17.7 Å². The molecule has 1 aliphatic carbocycles. The van der Waals surface area contributed by atoms with E-state index in [4.69, 9.17) is 5.73 Å². The maximum absolute atomic E-state index is 14.5. The summed E-state index contributed by atoms with van der Waals surface area (Å²) in [5.41, 5.74) is 9.52. The van der Waals surface area contributed by atoms with Crippen LogP contribution in [0.4, 0.5) is 5.69 Å². The van der Waals surface area contributed by atoms with E-state index < -0.39 is 10.8 Å². The molecule has 8 nitrogen and oxygen atoms in total. The van der Waals surface area contributed by atoms with Crippen LogP contribution in [0, 0.1) is 16.7 Å². The van der Waals surface area contributed by atoms with Crippen LogP contribution in [-0.2, 0) is 27.5 Å². The molecule has 2 heterocycles. The molecular weight excluding hydrogens is 514 g/mol. The van der Waals surface area contributed by atoms with E-state index >= 15 is 0 Å². The van der Waals surface area contributed by atoms with Crippen LogP contribution in [0.1, 0.15) is 78.2 Å². The number of hydrogen-bond donors (Lipinski definition) is 1. The fourth-order valence-electron chi connectivity index (χ4n) is 5.83. The van der Waals surface area contributed by atoms with Crippen molar-refractivity contribution in [1.29, 1.82) is 0 Å². The summed E-state index contributed by atoms with van der Waals surface area (Å²) < 4.78 is 1.89. The molecule has 0 unspecified atom stereocenters. The van der Waals surface area contributed by atoms with E-state index in [1.807, 2.05) is 85.8 Å². The number of nitrogens with zero attached hydrogens (tertiary/aromatic N) is 4. The normalized spacial score (nSPS) is 14.9. The standard InChI is InChI=1S/C33H41N5O3/c1-32(2,30(40)22-16-17-22)18-19-33(3,4)31(41)37-21-23-11-5-6-12-24(23)28-29(25-13-7-8-14-26(25)37)38(36-35-28)20-10-9-15-27(34)39/h5-8,11-14,22H,9-10,15-21H2,1-4H3,(H2,34,39). The Morgan fingerprint density at radius 3 is 2.27 bits per heavy atom. The van der Waals surface area contributed by atoms with Crippen LogP contribution in [-0.4, -0.2) is 32.6 Å². The molecule has 0 radical (unpaired) electrons. The molecule has 5 rings (SSSR count). The Kier molecular flexibility index (Phi) is 7.86. The van der Waals surface area contributed by atoms with Crippen LogP contribution in [0.5, 0.6) is 0 Å². The molecule has 2 aliphatic rings. The van der Waals surface area contributed by atoms with Crippen LogP contribution in [0.25, 0.3) is 22.5 Å². The van der Waals surface area contributed by atoms with E-state index in [0.717, 1.165) is 53.0 Å². The molecule has 1 aliphatic heterocycles. The first kappa shape index (κ1) is 28.7. The summed E-state index contributed by atoms with van der Waals surface area (Å²) in [6, 6.07) is 16.0. The number of para-hydroxylation sites is 1. The highest BCUT2D eigenvalue weighted by atomic mass is 16.2. The van der Waals surface area contributed by atoms with Gasteiger partial charge in [-0.05, 0) is 50.2 Å². The number of primary amides is 1. The second-order valence-electron chi connectivity index (χ2n) is 12.9. The molecule has 0 saturated heterocycles. The number of amides is 2. The number of aromatic nitrogens is 3. The fourth-order valence-corrected chi connectivity index (χ4v) is 5.83. The van der Waals surface area contributed by atoms with Gasteiger partial charge in [0.15, 0.2) is 0 Å². The number of aryl methyl sites for hydroxylation is 1. The minimum Gasteiger partial charge on any atom is -0.370 e. The first-order chi connectivity index (χ1) is 19.5. The van der Waals surface area contributed by atoms with Crippen molar-refractivity contribution in [2.75, 3.05) is 4.90 Å². The summed E-state index contributed by atoms with van der Waals surface area (Å²) in [5.74, 6) is 0.244. The predicted octanol–water partition coefficient (Wildman–Crippen LogP) is 5.93. The van der Waals surface area contributed by atoms with Gasteiger partial charge >= 0.3 is 0 Å². The fraction of sp³-hybridized carbons (Fsp3) is 0.485. The van der Waals surface area contributed by atoms with E-state index in [2.05, 4.69) is 10.3 Å². The smallest absolute Gasteiger partial charge is 0.232 e. The van der Waals surface area contributed by atoms with Gasteiger partial charge in [0.25, 0.3) is 0 Å². The number of rotatable bonds is 11. The number of anilines is 1. The van der Waals surface area contributed by atoms with Crippen molar-refractivity contribution >= 4 is 23.3 Å². The highest BCUT2D eigenvalue weighted by molar-refractivity contribution is 6.02. The molecule has 0 spiro atoms. The average molecular weight is 556 g/mol. The van der Waals surface area contributed by atoms with E-state index in [1.165, 1.54) is 0 Å². The Bertz CT molecular complexity index is 1470. The van der Waals surface area contributed by atoms with Gasteiger partial charge in [0.1, 0.15) is 11.5 Å². The number of Topliss-reactive ketones (excluding diaryl/α,β-unsaturated/α-hetero) is 1. The lowest BCUT2D eigenvalue weighted by Crippen LogP contribution is -2.42. The number of nitrogens with two attached hydrogens (primary N) is 1. The van der Waals surface area contributed by atoms with Crippen LogP contribution < -0.4 is 10.6 Å². The van der Waals surface area contributed by atoms with Crippen molar-refractivity contribution in [2.24, 2.45) is 22.5 Å². The van der Waals surface area contributed by atoms with Crippen LogP contribution in [0.15, 0.2) is 48.5 Å². The zero-order chi connectivity index (χ0) is 29.4. The zero-order valence-corrected chi connectivity index (χ0v) is 24.7. The summed E-state index contributed by atoms with van der Waals surface area (Å²) in [4.78, 5) is 40.5. The van der Waals surface area contributed by atoms with Crippen LogP contribution in [0.2, 0.25) is 0 Å². The summed E-state index contributed by atoms with van der Waals surface area (Å²) in [7, 11) is 0. The topological polar surface area (TPSA) is 111 Å². The number of carbonyl (C=O) groups is 3. The molecule has 2 N–H and O–H groups in total. The van der Waals surface area contributed by atoms with Crippen molar-refractivity contribution in [2.45, 2.75) is 85.7 Å². The third-order valence-electron chi connectivity index (χ3n) is 8.64.